The van der Waals surface area contributed by atoms with Gasteiger partial charge in [-0.1, -0.05) is 12.1 Å². The topological polar surface area (TPSA) is 64.9 Å². The molecule has 106 valence electrons. The highest BCUT2D eigenvalue weighted by molar-refractivity contribution is 5.31. The minimum absolute atomic E-state index is 0.0976. The van der Waals surface area contributed by atoms with Gasteiger partial charge in [-0.25, -0.2) is 0 Å². The van der Waals surface area contributed by atoms with Crippen molar-refractivity contribution < 1.29 is 4.74 Å². The molecule has 0 spiro atoms. The van der Waals surface area contributed by atoms with Gasteiger partial charge in [0, 0.05) is 6.54 Å². The lowest BCUT2D eigenvalue weighted by Crippen LogP contribution is -2.36. The molecular weight excluding hydrogens is 254 g/mol. The smallest absolute Gasteiger partial charge is 0.162 e. The number of hydrogen-bond donors (Lipinski definition) is 1. The third-order valence-electron chi connectivity index (χ3n) is 3.83. The average Bonchev–Trinajstić information content (AvgIpc) is 3.03. The van der Waals surface area contributed by atoms with E-state index in [-0.39, 0.29) is 6.04 Å². The number of methoxy groups -OCH3 is 1. The Morgan fingerprint density at radius 1 is 1.45 bits per heavy atom. The number of benzene rings is 1. The molecule has 2 aromatic rings. The van der Waals surface area contributed by atoms with Gasteiger partial charge in [-0.15, -0.1) is 10.2 Å². The first-order chi connectivity index (χ1) is 9.88. The zero-order valence-electron chi connectivity index (χ0n) is 11.6. The summed E-state index contributed by atoms with van der Waals surface area (Å²) in [5, 5.41) is 15.7. The van der Waals surface area contributed by atoms with Crippen LogP contribution in [-0.4, -0.2) is 40.4 Å². The molecule has 0 saturated carbocycles. The third-order valence-corrected chi connectivity index (χ3v) is 3.83. The number of aromatic nitrogens is 4. The van der Waals surface area contributed by atoms with Gasteiger partial charge in [0.2, 0.25) is 0 Å². The Labute approximate surface area is 118 Å². The molecule has 0 radical (unpaired) electrons. The zero-order valence-corrected chi connectivity index (χ0v) is 11.6. The second-order valence-electron chi connectivity index (χ2n) is 5.08. The molecule has 0 bridgehead atoms. The van der Waals surface area contributed by atoms with Crippen LogP contribution in [0.25, 0.3) is 0 Å². The van der Waals surface area contributed by atoms with Gasteiger partial charge >= 0.3 is 0 Å². The molecule has 1 aromatic carbocycles. The van der Waals surface area contributed by atoms with Crippen LogP contribution in [0.3, 0.4) is 0 Å². The second kappa shape index (κ2) is 6.00. The number of piperidine rings is 1. The maximum absolute atomic E-state index is 5.33. The molecule has 1 fully saturated rings. The van der Waals surface area contributed by atoms with E-state index in [4.69, 9.17) is 4.74 Å². The summed E-state index contributed by atoms with van der Waals surface area (Å²) in [4.78, 5) is 1.71. The predicted molar refractivity (Wildman–Crippen MR) is 74.5 cm³/mol. The number of tetrazole rings is 1. The number of rotatable bonds is 4. The van der Waals surface area contributed by atoms with Crippen molar-refractivity contribution in [3.63, 3.8) is 0 Å². The van der Waals surface area contributed by atoms with Gasteiger partial charge in [0.15, 0.2) is 6.33 Å². The van der Waals surface area contributed by atoms with Crippen molar-refractivity contribution in [1.29, 1.82) is 0 Å². The first-order valence-electron chi connectivity index (χ1n) is 6.95. The molecule has 1 N–H and O–H groups in total. The summed E-state index contributed by atoms with van der Waals surface area (Å²) >= 11 is 0. The van der Waals surface area contributed by atoms with Crippen LogP contribution in [0.2, 0.25) is 0 Å². The number of nitrogens with zero attached hydrogens (tertiary/aromatic N) is 4. The highest BCUT2D eigenvalue weighted by Crippen LogP contribution is 2.31. The minimum atomic E-state index is 0.0976. The fraction of sp³-hybridized carbons (Fsp3) is 0.500. The fourth-order valence-electron chi connectivity index (χ4n) is 2.87. The minimum Gasteiger partial charge on any atom is -0.497 e. The maximum Gasteiger partial charge on any atom is 0.162 e. The van der Waals surface area contributed by atoms with Crippen molar-refractivity contribution in [3.8, 4) is 5.75 Å². The Kier molecular flexibility index (Phi) is 3.92. The second-order valence-corrected chi connectivity index (χ2v) is 5.08. The summed E-state index contributed by atoms with van der Waals surface area (Å²) < 4.78 is 5.33. The summed E-state index contributed by atoms with van der Waals surface area (Å²) in [6, 6.07) is 8.22. The molecule has 1 aliphatic rings. The summed E-state index contributed by atoms with van der Waals surface area (Å²) in [6.45, 7) is 2.07. The van der Waals surface area contributed by atoms with E-state index in [1.54, 1.807) is 11.9 Å². The standard InChI is InChI=1S/C14H19N5O/c1-20-13-6-2-4-11(8-13)14(19-17-10-16-18-19)12-5-3-7-15-9-12/h2,4,6,8,10,12,14-15H,3,5,7,9H2,1H3/t12-,14?/m0/s1. The predicted octanol–water partition coefficient (Wildman–Crippen LogP) is 1.27. The largest absolute Gasteiger partial charge is 0.497 e. The van der Waals surface area contributed by atoms with Crippen molar-refractivity contribution in [2.45, 2.75) is 18.9 Å². The summed E-state index contributed by atoms with van der Waals surface area (Å²) in [5.41, 5.74) is 1.16. The van der Waals surface area contributed by atoms with Crippen LogP contribution < -0.4 is 10.1 Å². The molecule has 2 atom stereocenters. The molecule has 1 aromatic heterocycles. The Morgan fingerprint density at radius 2 is 2.40 bits per heavy atom. The van der Waals surface area contributed by atoms with E-state index < -0.39 is 0 Å². The molecule has 6 heteroatoms. The molecule has 20 heavy (non-hydrogen) atoms. The van der Waals surface area contributed by atoms with E-state index in [1.807, 2.05) is 12.1 Å². The van der Waals surface area contributed by atoms with Crippen LogP contribution in [0.1, 0.15) is 24.4 Å². The van der Waals surface area contributed by atoms with Crippen LogP contribution in [0.15, 0.2) is 30.6 Å². The normalized spacial score (nSPS) is 20.6. The van der Waals surface area contributed by atoms with Gasteiger partial charge in [-0.3, -0.25) is 0 Å². The lowest BCUT2D eigenvalue weighted by Gasteiger charge is -2.30. The van der Waals surface area contributed by atoms with Crippen LogP contribution >= 0.6 is 0 Å². The average molecular weight is 273 g/mol. The third kappa shape index (κ3) is 2.65. The molecule has 1 saturated heterocycles. The number of nitrogens with one attached hydrogen (secondary N) is 1. The lowest BCUT2D eigenvalue weighted by atomic mass is 9.87. The molecule has 2 heterocycles. The molecule has 6 nitrogen and oxygen atoms in total. The fourth-order valence-corrected chi connectivity index (χ4v) is 2.87. The van der Waals surface area contributed by atoms with Gasteiger partial charge in [0.05, 0.1) is 7.11 Å². The van der Waals surface area contributed by atoms with Gasteiger partial charge in [-0.05, 0) is 48.2 Å². The van der Waals surface area contributed by atoms with Gasteiger partial charge in [-0.2, -0.15) is 4.80 Å². The Hall–Kier alpha value is -1.95. The quantitative estimate of drug-likeness (QED) is 0.909. The van der Waals surface area contributed by atoms with Gasteiger partial charge < -0.3 is 10.1 Å². The van der Waals surface area contributed by atoms with Crippen LogP contribution in [-0.2, 0) is 0 Å². The Balaban J connectivity index is 1.95. The van der Waals surface area contributed by atoms with E-state index in [9.17, 15) is 0 Å². The first kappa shape index (κ1) is 13.1. The van der Waals surface area contributed by atoms with E-state index in [2.05, 4.69) is 32.9 Å². The van der Waals surface area contributed by atoms with Crippen LogP contribution in [0, 0.1) is 5.92 Å². The Morgan fingerprint density at radius 3 is 3.10 bits per heavy atom. The van der Waals surface area contributed by atoms with Gasteiger partial charge in [0.25, 0.3) is 0 Å². The highest BCUT2D eigenvalue weighted by Gasteiger charge is 2.28. The summed E-state index contributed by atoms with van der Waals surface area (Å²) in [7, 11) is 1.68. The van der Waals surface area contributed by atoms with Crippen LogP contribution in [0.5, 0.6) is 5.75 Å². The summed E-state index contributed by atoms with van der Waals surface area (Å²) in [5.74, 6) is 1.32. The van der Waals surface area contributed by atoms with E-state index in [1.165, 1.54) is 12.7 Å². The summed E-state index contributed by atoms with van der Waals surface area (Å²) in [6.07, 6.45) is 3.83. The van der Waals surface area contributed by atoms with Gasteiger partial charge in [0.1, 0.15) is 11.8 Å². The number of hydrogen-bond acceptors (Lipinski definition) is 5. The van der Waals surface area contributed by atoms with Crippen molar-refractivity contribution in [2.75, 3.05) is 20.2 Å². The monoisotopic (exact) mass is 273 g/mol. The van der Waals surface area contributed by atoms with Crippen LogP contribution in [0.4, 0.5) is 0 Å². The van der Waals surface area contributed by atoms with Crippen molar-refractivity contribution in [1.82, 2.24) is 25.5 Å². The number of ether oxygens (including phenoxy) is 1. The van der Waals surface area contributed by atoms with E-state index >= 15 is 0 Å². The maximum atomic E-state index is 5.33. The molecule has 3 rings (SSSR count). The molecule has 0 amide bonds. The molecule has 1 aliphatic heterocycles. The van der Waals surface area contributed by atoms with E-state index in [0.29, 0.717) is 5.92 Å². The van der Waals surface area contributed by atoms with Crippen molar-refractivity contribution in [3.05, 3.63) is 36.2 Å². The Bertz CT molecular complexity index is 536. The zero-order chi connectivity index (χ0) is 13.8. The first-order valence-corrected chi connectivity index (χ1v) is 6.95. The van der Waals surface area contributed by atoms with Crippen molar-refractivity contribution in [2.24, 2.45) is 5.92 Å². The van der Waals surface area contributed by atoms with E-state index in [0.717, 1.165) is 30.8 Å². The SMILES string of the molecule is COc1cccc(C([C@H]2CCCNC2)n2ncnn2)c1. The molecular formula is C14H19N5O. The highest BCUT2D eigenvalue weighted by atomic mass is 16.5. The molecule has 1 unspecified atom stereocenters. The van der Waals surface area contributed by atoms with Crippen molar-refractivity contribution >= 4 is 0 Å². The lowest BCUT2D eigenvalue weighted by molar-refractivity contribution is 0.261. The molecule has 0 aliphatic carbocycles.